The molecule has 1 aliphatic carbocycles. The van der Waals surface area contributed by atoms with Crippen LogP contribution in [0.2, 0.25) is 0 Å². The van der Waals surface area contributed by atoms with Gasteiger partial charge in [0.2, 0.25) is 0 Å². The number of hydrogen-bond acceptors (Lipinski definition) is 6. The summed E-state index contributed by atoms with van der Waals surface area (Å²) in [6.07, 6.45) is -1.69. The fourth-order valence-corrected chi connectivity index (χ4v) is 2.10. The second-order valence-electron chi connectivity index (χ2n) is 5.03. The third-order valence-electron chi connectivity index (χ3n) is 3.60. The number of ketones is 1. The quantitative estimate of drug-likeness (QED) is 0.599. The van der Waals surface area contributed by atoms with Gasteiger partial charge in [-0.2, -0.15) is 0 Å². The van der Waals surface area contributed by atoms with E-state index in [1.165, 1.54) is 14.0 Å². The van der Waals surface area contributed by atoms with E-state index in [1.807, 2.05) is 0 Å². The Morgan fingerprint density at radius 1 is 1.53 bits per heavy atom. The lowest BCUT2D eigenvalue weighted by Crippen LogP contribution is -2.57. The molecule has 3 unspecified atom stereocenters. The summed E-state index contributed by atoms with van der Waals surface area (Å²) in [5, 5.41) is 29.8. The zero-order chi connectivity index (χ0) is 14.8. The smallest absolute Gasteiger partial charge is 0.308 e. The third kappa shape index (κ3) is 3.02. The van der Waals surface area contributed by atoms with E-state index in [1.54, 1.807) is 6.92 Å². The summed E-state index contributed by atoms with van der Waals surface area (Å²) in [5.41, 5.74) is -1.75. The highest BCUT2D eigenvalue weighted by molar-refractivity contribution is 5.99. The lowest BCUT2D eigenvalue weighted by atomic mass is 9.76. The van der Waals surface area contributed by atoms with Crippen molar-refractivity contribution in [2.75, 3.05) is 7.11 Å². The number of hydrogen-bond donors (Lipinski definition) is 3. The summed E-state index contributed by atoms with van der Waals surface area (Å²) in [6, 6.07) is 0. The Labute approximate surface area is 111 Å². The lowest BCUT2D eigenvalue weighted by Gasteiger charge is -2.37. The van der Waals surface area contributed by atoms with Crippen molar-refractivity contribution in [2.24, 2.45) is 5.92 Å². The molecule has 0 saturated heterocycles. The molecule has 0 amide bonds. The molecule has 0 aromatic rings. The largest absolute Gasteiger partial charge is 0.469 e. The first-order valence-electron chi connectivity index (χ1n) is 6.13. The topological polar surface area (TPSA) is 104 Å². The minimum atomic E-state index is -2.05. The first-order valence-corrected chi connectivity index (χ1v) is 6.13. The molecule has 0 aliphatic heterocycles. The van der Waals surface area contributed by atoms with Crippen LogP contribution < -0.4 is 0 Å². The molecule has 0 fully saturated rings. The Morgan fingerprint density at radius 2 is 2.11 bits per heavy atom. The molecule has 108 valence electrons. The van der Waals surface area contributed by atoms with E-state index in [9.17, 15) is 24.9 Å². The van der Waals surface area contributed by atoms with Crippen LogP contribution in [-0.2, 0) is 14.3 Å². The van der Waals surface area contributed by atoms with Crippen molar-refractivity contribution < 1.29 is 29.6 Å². The Kier molecular flexibility index (Phi) is 4.84. The van der Waals surface area contributed by atoms with Gasteiger partial charge in [-0.15, -0.1) is 0 Å². The minimum Gasteiger partial charge on any atom is -0.469 e. The van der Waals surface area contributed by atoms with E-state index in [-0.39, 0.29) is 12.8 Å². The van der Waals surface area contributed by atoms with Gasteiger partial charge in [0.1, 0.15) is 12.2 Å². The number of rotatable bonds is 4. The van der Waals surface area contributed by atoms with Gasteiger partial charge in [-0.05, 0) is 31.4 Å². The molecule has 0 aromatic carbocycles. The van der Waals surface area contributed by atoms with Crippen LogP contribution in [0.3, 0.4) is 0 Å². The van der Waals surface area contributed by atoms with E-state index < -0.39 is 35.5 Å². The number of ether oxygens (including phenoxy) is 1. The fraction of sp³-hybridized carbons (Fsp3) is 0.692. The molecule has 0 saturated carbocycles. The predicted octanol–water partition coefficient (Wildman–Crippen LogP) is -0.442. The highest BCUT2D eigenvalue weighted by Crippen LogP contribution is 2.31. The van der Waals surface area contributed by atoms with Gasteiger partial charge in [0.15, 0.2) is 11.4 Å². The summed E-state index contributed by atoms with van der Waals surface area (Å²) in [6.45, 7) is 3.11. The monoisotopic (exact) mass is 272 g/mol. The molecular formula is C13H20O6. The maximum Gasteiger partial charge on any atom is 0.308 e. The Hall–Kier alpha value is -1.24. The first-order chi connectivity index (χ1) is 8.74. The Balaban J connectivity index is 2.81. The molecule has 1 aliphatic rings. The SMILES string of the molecule is COC(=O)[C@@H](C)CCC1(O)C(=O)C=C(C)C(O)C1O. The fourth-order valence-electron chi connectivity index (χ4n) is 2.10. The van der Waals surface area contributed by atoms with E-state index in [2.05, 4.69) is 4.74 Å². The minimum absolute atomic E-state index is 0.121. The highest BCUT2D eigenvalue weighted by Gasteiger charge is 2.48. The first kappa shape index (κ1) is 15.8. The van der Waals surface area contributed by atoms with Crippen molar-refractivity contribution in [2.45, 2.75) is 44.5 Å². The normalized spacial score (nSPS) is 32.7. The zero-order valence-electron chi connectivity index (χ0n) is 11.3. The van der Waals surface area contributed by atoms with Crippen molar-refractivity contribution in [3.63, 3.8) is 0 Å². The van der Waals surface area contributed by atoms with E-state index >= 15 is 0 Å². The average Bonchev–Trinajstić information content (AvgIpc) is 2.39. The summed E-state index contributed by atoms with van der Waals surface area (Å²) in [5.74, 6) is -1.60. The summed E-state index contributed by atoms with van der Waals surface area (Å²) < 4.78 is 4.55. The molecular weight excluding hydrogens is 252 g/mol. The van der Waals surface area contributed by atoms with Crippen molar-refractivity contribution in [3.8, 4) is 0 Å². The van der Waals surface area contributed by atoms with Crippen LogP contribution in [-0.4, -0.2) is 52.0 Å². The maximum atomic E-state index is 11.8. The van der Waals surface area contributed by atoms with Gasteiger partial charge < -0.3 is 20.1 Å². The third-order valence-corrected chi connectivity index (χ3v) is 3.60. The number of aliphatic hydroxyl groups is 3. The number of aliphatic hydroxyl groups excluding tert-OH is 2. The standard InChI is InChI=1S/C13H20O6/c1-7(12(17)19-3)4-5-13(18)9(14)6-8(2)10(15)11(13)16/h6-7,10-11,15-16,18H,4-5H2,1-3H3/t7-,10?,11?,13?/m0/s1. The van der Waals surface area contributed by atoms with E-state index in [0.29, 0.717) is 5.57 Å². The molecule has 1 rings (SSSR count). The van der Waals surface area contributed by atoms with E-state index in [4.69, 9.17) is 0 Å². The van der Waals surface area contributed by atoms with Gasteiger partial charge in [0.25, 0.3) is 0 Å². The predicted molar refractivity (Wildman–Crippen MR) is 66.1 cm³/mol. The van der Waals surface area contributed by atoms with Crippen molar-refractivity contribution in [3.05, 3.63) is 11.6 Å². The van der Waals surface area contributed by atoms with Crippen LogP contribution in [0.5, 0.6) is 0 Å². The molecule has 0 bridgehead atoms. The van der Waals surface area contributed by atoms with Crippen molar-refractivity contribution in [1.29, 1.82) is 0 Å². The van der Waals surface area contributed by atoms with Gasteiger partial charge in [0, 0.05) is 0 Å². The van der Waals surface area contributed by atoms with Crippen molar-refractivity contribution >= 4 is 11.8 Å². The van der Waals surface area contributed by atoms with Crippen molar-refractivity contribution in [1.82, 2.24) is 0 Å². The number of esters is 1. The van der Waals surface area contributed by atoms with Crippen LogP contribution in [0.4, 0.5) is 0 Å². The van der Waals surface area contributed by atoms with Crippen LogP contribution in [0, 0.1) is 5.92 Å². The number of carbonyl (C=O) groups excluding carboxylic acids is 2. The van der Waals surface area contributed by atoms with Crippen LogP contribution >= 0.6 is 0 Å². The molecule has 19 heavy (non-hydrogen) atoms. The molecule has 0 spiro atoms. The van der Waals surface area contributed by atoms with E-state index in [0.717, 1.165) is 6.08 Å². The molecule has 0 radical (unpaired) electrons. The van der Waals surface area contributed by atoms with Crippen LogP contribution in [0.15, 0.2) is 11.6 Å². The molecule has 6 heteroatoms. The summed E-state index contributed by atoms with van der Waals surface area (Å²) in [4.78, 5) is 23.1. The van der Waals surface area contributed by atoms with Crippen LogP contribution in [0.1, 0.15) is 26.7 Å². The molecule has 0 heterocycles. The van der Waals surface area contributed by atoms with Gasteiger partial charge in [-0.25, -0.2) is 0 Å². The summed E-state index contributed by atoms with van der Waals surface area (Å²) >= 11 is 0. The summed E-state index contributed by atoms with van der Waals surface area (Å²) in [7, 11) is 1.25. The van der Waals surface area contributed by atoms with Gasteiger partial charge >= 0.3 is 5.97 Å². The lowest BCUT2D eigenvalue weighted by molar-refractivity contribution is -0.161. The second kappa shape index (κ2) is 5.81. The molecule has 4 atom stereocenters. The molecule has 0 aromatic heterocycles. The maximum absolute atomic E-state index is 11.8. The second-order valence-corrected chi connectivity index (χ2v) is 5.03. The Bertz CT molecular complexity index is 402. The number of carbonyl (C=O) groups is 2. The molecule has 3 N–H and O–H groups in total. The highest BCUT2D eigenvalue weighted by atomic mass is 16.5. The zero-order valence-corrected chi connectivity index (χ0v) is 11.3. The van der Waals surface area contributed by atoms with Gasteiger partial charge in [-0.1, -0.05) is 6.92 Å². The molecule has 6 nitrogen and oxygen atoms in total. The average molecular weight is 272 g/mol. The number of methoxy groups -OCH3 is 1. The Morgan fingerprint density at radius 3 is 2.63 bits per heavy atom. The van der Waals surface area contributed by atoms with Gasteiger partial charge in [-0.3, -0.25) is 9.59 Å². The van der Waals surface area contributed by atoms with Crippen LogP contribution in [0.25, 0.3) is 0 Å². The van der Waals surface area contributed by atoms with Gasteiger partial charge in [0.05, 0.1) is 13.0 Å².